The van der Waals surface area contributed by atoms with Crippen LogP contribution in [-0.2, 0) is 16.0 Å². The molecule has 0 saturated heterocycles. The Morgan fingerprint density at radius 3 is 2.65 bits per heavy atom. The van der Waals surface area contributed by atoms with Crippen LogP contribution in [0, 0.1) is 5.92 Å². The van der Waals surface area contributed by atoms with E-state index in [2.05, 4.69) is 10.6 Å². The second-order valence-corrected chi connectivity index (χ2v) is 7.35. The molecular weight excluding hydrogens is 332 g/mol. The number of aliphatic carboxylic acids is 1. The number of carboxylic acid groups (broad SMARTS) is 1. The van der Waals surface area contributed by atoms with E-state index in [-0.39, 0.29) is 30.2 Å². The summed E-state index contributed by atoms with van der Waals surface area (Å²) in [6, 6.07) is 4.94. The van der Waals surface area contributed by atoms with Crippen molar-refractivity contribution < 1.29 is 19.5 Å². The Bertz CT molecular complexity index is 695. The maximum atomic E-state index is 12.7. The Morgan fingerprint density at radius 2 is 1.92 bits per heavy atom. The number of hydrogen-bond acceptors (Lipinski definition) is 3. The van der Waals surface area contributed by atoms with Crippen LogP contribution in [0.2, 0.25) is 0 Å². The van der Waals surface area contributed by atoms with Gasteiger partial charge in [-0.2, -0.15) is 0 Å². The second kappa shape index (κ2) is 8.34. The van der Waals surface area contributed by atoms with Gasteiger partial charge < -0.3 is 15.7 Å². The van der Waals surface area contributed by atoms with Gasteiger partial charge in [-0.05, 0) is 55.4 Å². The van der Waals surface area contributed by atoms with Gasteiger partial charge in [0.25, 0.3) is 5.91 Å². The quantitative estimate of drug-likeness (QED) is 0.753. The molecule has 1 unspecified atom stereocenters. The van der Waals surface area contributed by atoms with Gasteiger partial charge in [0.15, 0.2) is 0 Å². The van der Waals surface area contributed by atoms with E-state index < -0.39 is 5.97 Å². The molecule has 3 N–H and O–H groups in total. The number of carbonyl (C=O) groups is 3. The number of carbonyl (C=O) groups excluding carboxylic acids is 2. The fraction of sp³-hybridized carbons (Fsp3) is 0.550. The number of amides is 2. The minimum absolute atomic E-state index is 0.000211. The van der Waals surface area contributed by atoms with E-state index in [9.17, 15) is 19.5 Å². The fourth-order valence-electron chi connectivity index (χ4n) is 4.03. The number of hydrogen-bond donors (Lipinski definition) is 3. The minimum atomic E-state index is -0.884. The highest BCUT2D eigenvalue weighted by Crippen LogP contribution is 2.28. The molecule has 1 atom stereocenters. The van der Waals surface area contributed by atoms with Crippen LogP contribution < -0.4 is 10.6 Å². The summed E-state index contributed by atoms with van der Waals surface area (Å²) in [6.45, 7) is 0. The Kier molecular flexibility index (Phi) is 5.91. The number of benzene rings is 1. The molecule has 1 aromatic rings. The topological polar surface area (TPSA) is 95.5 Å². The molecule has 140 valence electrons. The van der Waals surface area contributed by atoms with Crippen LogP contribution in [0.5, 0.6) is 0 Å². The van der Waals surface area contributed by atoms with E-state index in [0.717, 1.165) is 49.8 Å². The Balaban J connectivity index is 1.73. The summed E-state index contributed by atoms with van der Waals surface area (Å²) in [5.41, 5.74) is 2.24. The normalized spacial score (nSPS) is 19.0. The predicted octanol–water partition coefficient (Wildman–Crippen LogP) is 3.11. The van der Waals surface area contributed by atoms with Gasteiger partial charge in [-0.15, -0.1) is 0 Å². The number of nitrogens with one attached hydrogen (secondary N) is 2. The van der Waals surface area contributed by atoms with E-state index in [1.165, 1.54) is 6.42 Å². The van der Waals surface area contributed by atoms with Crippen molar-refractivity contribution in [1.29, 1.82) is 0 Å². The van der Waals surface area contributed by atoms with Crippen LogP contribution in [0.4, 0.5) is 5.69 Å². The summed E-state index contributed by atoms with van der Waals surface area (Å²) in [7, 11) is 0. The molecule has 6 heteroatoms. The van der Waals surface area contributed by atoms with Crippen LogP contribution in [-0.4, -0.2) is 28.9 Å². The zero-order chi connectivity index (χ0) is 18.5. The Hall–Kier alpha value is -2.37. The summed E-state index contributed by atoms with van der Waals surface area (Å²) >= 11 is 0. The molecule has 1 heterocycles. The number of anilines is 1. The van der Waals surface area contributed by atoms with Crippen molar-refractivity contribution in [2.24, 2.45) is 5.92 Å². The zero-order valence-electron chi connectivity index (χ0n) is 14.9. The summed E-state index contributed by atoms with van der Waals surface area (Å²) in [5.74, 6) is -0.894. The molecule has 0 radical (unpaired) electrons. The molecule has 1 aliphatic heterocycles. The first-order valence-corrected chi connectivity index (χ1v) is 9.48. The van der Waals surface area contributed by atoms with Crippen molar-refractivity contribution in [1.82, 2.24) is 5.32 Å². The summed E-state index contributed by atoms with van der Waals surface area (Å²) in [4.78, 5) is 35.6. The maximum Gasteiger partial charge on any atom is 0.305 e. The predicted molar refractivity (Wildman–Crippen MR) is 98.1 cm³/mol. The van der Waals surface area contributed by atoms with E-state index in [1.54, 1.807) is 12.1 Å². The third-order valence-corrected chi connectivity index (χ3v) is 5.42. The second-order valence-electron chi connectivity index (χ2n) is 7.35. The molecule has 0 spiro atoms. The van der Waals surface area contributed by atoms with Gasteiger partial charge in [-0.3, -0.25) is 14.4 Å². The van der Waals surface area contributed by atoms with E-state index in [0.29, 0.717) is 12.0 Å². The number of carboxylic acids is 1. The zero-order valence-corrected chi connectivity index (χ0v) is 14.9. The average molecular weight is 358 g/mol. The van der Waals surface area contributed by atoms with Gasteiger partial charge in [0.05, 0.1) is 6.42 Å². The van der Waals surface area contributed by atoms with E-state index >= 15 is 0 Å². The third-order valence-electron chi connectivity index (χ3n) is 5.42. The molecule has 2 amide bonds. The fourth-order valence-corrected chi connectivity index (χ4v) is 4.03. The molecule has 1 fully saturated rings. The first kappa shape index (κ1) is 18.4. The van der Waals surface area contributed by atoms with Crippen LogP contribution in [0.3, 0.4) is 0 Å². The molecule has 1 aromatic carbocycles. The maximum absolute atomic E-state index is 12.7. The smallest absolute Gasteiger partial charge is 0.305 e. The van der Waals surface area contributed by atoms with Gasteiger partial charge in [0.2, 0.25) is 5.91 Å². The lowest BCUT2D eigenvalue weighted by Gasteiger charge is -2.30. The highest BCUT2D eigenvalue weighted by Gasteiger charge is 2.27. The molecule has 0 bridgehead atoms. The lowest BCUT2D eigenvalue weighted by atomic mass is 9.82. The number of rotatable bonds is 5. The first-order valence-electron chi connectivity index (χ1n) is 9.48. The van der Waals surface area contributed by atoms with E-state index in [1.807, 2.05) is 6.07 Å². The molecule has 6 nitrogen and oxygen atoms in total. The highest BCUT2D eigenvalue weighted by molar-refractivity contribution is 5.97. The van der Waals surface area contributed by atoms with Crippen molar-refractivity contribution in [3.8, 4) is 0 Å². The van der Waals surface area contributed by atoms with Gasteiger partial charge in [0, 0.05) is 23.7 Å². The van der Waals surface area contributed by atoms with Crippen LogP contribution >= 0.6 is 0 Å². The number of fused-ring (bicyclic) bond motifs is 1. The summed E-state index contributed by atoms with van der Waals surface area (Å²) in [6.07, 6.45) is 7.24. The third kappa shape index (κ3) is 4.62. The van der Waals surface area contributed by atoms with Gasteiger partial charge >= 0.3 is 5.97 Å². The monoisotopic (exact) mass is 358 g/mol. The van der Waals surface area contributed by atoms with Gasteiger partial charge in [-0.25, -0.2) is 0 Å². The highest BCUT2D eigenvalue weighted by atomic mass is 16.4. The molecule has 1 saturated carbocycles. The standard InChI is InChI=1S/C20H26N2O4/c23-18-8-4-7-14-11-15(9-10-16(14)21-18)20(26)22-17(12-19(24)25)13-5-2-1-3-6-13/h9-11,13,17H,1-8,12H2,(H,21,23)(H,22,26)(H,24,25). The van der Waals surface area contributed by atoms with Crippen molar-refractivity contribution in [2.75, 3.05) is 5.32 Å². The summed E-state index contributed by atoms with van der Waals surface area (Å²) < 4.78 is 0. The minimum Gasteiger partial charge on any atom is -0.481 e. The van der Waals surface area contributed by atoms with Crippen LogP contribution in [0.1, 0.15) is 67.3 Å². The van der Waals surface area contributed by atoms with Crippen LogP contribution in [0.15, 0.2) is 18.2 Å². The Morgan fingerprint density at radius 1 is 1.15 bits per heavy atom. The van der Waals surface area contributed by atoms with Crippen LogP contribution in [0.25, 0.3) is 0 Å². The van der Waals surface area contributed by atoms with Gasteiger partial charge in [-0.1, -0.05) is 19.3 Å². The molecule has 0 aromatic heterocycles. The molecule has 1 aliphatic carbocycles. The molecule has 2 aliphatic rings. The first-order chi connectivity index (χ1) is 12.5. The SMILES string of the molecule is O=C(O)CC(NC(=O)c1ccc2c(c1)CCCC(=O)N2)C1CCCCC1. The van der Waals surface area contributed by atoms with Crippen molar-refractivity contribution in [3.05, 3.63) is 29.3 Å². The lowest BCUT2D eigenvalue weighted by Crippen LogP contribution is -2.42. The summed E-state index contributed by atoms with van der Waals surface area (Å²) in [5, 5.41) is 15.0. The average Bonchev–Trinajstić information content (AvgIpc) is 2.81. The molecule has 26 heavy (non-hydrogen) atoms. The van der Waals surface area contributed by atoms with Crippen molar-refractivity contribution in [3.63, 3.8) is 0 Å². The Labute approximate surface area is 153 Å². The largest absolute Gasteiger partial charge is 0.481 e. The molecule has 3 rings (SSSR count). The van der Waals surface area contributed by atoms with Gasteiger partial charge in [0.1, 0.15) is 0 Å². The molecular formula is C20H26N2O4. The van der Waals surface area contributed by atoms with Crippen molar-refractivity contribution in [2.45, 2.75) is 63.8 Å². The van der Waals surface area contributed by atoms with Crippen molar-refractivity contribution >= 4 is 23.5 Å². The number of aryl methyl sites for hydroxylation is 1. The lowest BCUT2D eigenvalue weighted by molar-refractivity contribution is -0.137. The van der Waals surface area contributed by atoms with E-state index in [4.69, 9.17) is 0 Å².